The van der Waals surface area contributed by atoms with Crippen LogP contribution in [-0.2, 0) is 19.6 Å². The van der Waals surface area contributed by atoms with Gasteiger partial charge in [-0.3, -0.25) is 4.72 Å². The van der Waals surface area contributed by atoms with Crippen molar-refractivity contribution >= 4 is 21.8 Å². The first-order chi connectivity index (χ1) is 7.97. The Balaban J connectivity index is 0.00000162. The summed E-state index contributed by atoms with van der Waals surface area (Å²) in [6.45, 7) is 0. The molecule has 0 fully saturated rings. The molecule has 0 saturated carbocycles. The Hall–Kier alpha value is -2.06. The molecule has 4 N–H and O–H groups in total. The van der Waals surface area contributed by atoms with Gasteiger partial charge in [0.1, 0.15) is 0 Å². The summed E-state index contributed by atoms with van der Waals surface area (Å²) < 4.78 is 29.9. The summed E-state index contributed by atoms with van der Waals surface area (Å²) >= 11 is 0. The molecule has 1 aliphatic heterocycles. The van der Waals surface area contributed by atoms with E-state index in [-0.39, 0.29) is 15.9 Å². The van der Waals surface area contributed by atoms with Gasteiger partial charge in [0.2, 0.25) is 0 Å². The number of ether oxygens (including phenoxy) is 1. The van der Waals surface area contributed by atoms with Gasteiger partial charge in [0.05, 0.1) is 12.0 Å². The van der Waals surface area contributed by atoms with Crippen molar-refractivity contribution in [2.24, 2.45) is 0 Å². The van der Waals surface area contributed by atoms with Gasteiger partial charge in [-0.15, -0.1) is 0 Å². The number of carbonyl (C=O) groups excluding carboxylic acids is 1. The summed E-state index contributed by atoms with van der Waals surface area (Å²) in [4.78, 5) is 11.2. The van der Waals surface area contributed by atoms with Gasteiger partial charge in [0.25, 0.3) is 10.0 Å². The highest BCUT2D eigenvalue weighted by atomic mass is 32.2. The molecule has 98 valence electrons. The molecule has 7 nitrogen and oxygen atoms in total. The van der Waals surface area contributed by atoms with E-state index in [1.165, 1.54) is 18.2 Å². The third-order valence-corrected chi connectivity index (χ3v) is 3.70. The van der Waals surface area contributed by atoms with Crippen LogP contribution in [0.25, 0.3) is 5.76 Å². The predicted molar refractivity (Wildman–Crippen MR) is 61.9 cm³/mol. The van der Waals surface area contributed by atoms with E-state index in [2.05, 4.69) is 4.74 Å². The van der Waals surface area contributed by atoms with E-state index in [4.69, 9.17) is 0 Å². The molecule has 1 aromatic carbocycles. The smallest absolute Gasteiger partial charge is 0.359 e. The highest BCUT2D eigenvalue weighted by molar-refractivity contribution is 7.89. The SMILES string of the molecule is COC(=O)C1=C(O)c2ccccc2S(=O)(=O)N1.O. The van der Waals surface area contributed by atoms with Crippen molar-refractivity contribution in [3.05, 3.63) is 35.5 Å². The van der Waals surface area contributed by atoms with Crippen LogP contribution in [0, 0.1) is 0 Å². The van der Waals surface area contributed by atoms with Crippen molar-refractivity contribution in [1.29, 1.82) is 0 Å². The van der Waals surface area contributed by atoms with E-state index >= 15 is 0 Å². The van der Waals surface area contributed by atoms with Crippen molar-refractivity contribution < 1.29 is 28.5 Å². The second-order valence-corrected chi connectivity index (χ2v) is 4.97. The lowest BCUT2D eigenvalue weighted by atomic mass is 10.1. The zero-order valence-electron chi connectivity index (χ0n) is 9.30. The molecule has 2 rings (SSSR count). The molecule has 8 heteroatoms. The number of hydrogen-bond acceptors (Lipinski definition) is 5. The average Bonchev–Trinajstić information content (AvgIpc) is 2.33. The van der Waals surface area contributed by atoms with Crippen LogP contribution in [0.1, 0.15) is 5.56 Å². The lowest BCUT2D eigenvalue weighted by molar-refractivity contribution is -0.136. The fourth-order valence-electron chi connectivity index (χ4n) is 1.51. The van der Waals surface area contributed by atoms with E-state index in [1.807, 2.05) is 4.72 Å². The minimum Gasteiger partial charge on any atom is -0.505 e. The van der Waals surface area contributed by atoms with E-state index in [1.54, 1.807) is 6.07 Å². The second kappa shape index (κ2) is 4.67. The monoisotopic (exact) mass is 273 g/mol. The molecule has 0 unspecified atom stereocenters. The molecule has 0 bridgehead atoms. The number of methoxy groups -OCH3 is 1. The number of rotatable bonds is 1. The van der Waals surface area contributed by atoms with Gasteiger partial charge in [0.15, 0.2) is 11.5 Å². The highest BCUT2D eigenvalue weighted by Gasteiger charge is 2.32. The van der Waals surface area contributed by atoms with Gasteiger partial charge < -0.3 is 15.3 Å². The number of fused-ring (bicyclic) bond motifs is 1. The predicted octanol–water partition coefficient (Wildman–Crippen LogP) is -0.447. The molecule has 0 radical (unpaired) electrons. The van der Waals surface area contributed by atoms with Gasteiger partial charge in [-0.1, -0.05) is 12.1 Å². The fourth-order valence-corrected chi connectivity index (χ4v) is 2.78. The zero-order chi connectivity index (χ0) is 12.6. The number of carbonyl (C=O) groups is 1. The number of nitrogens with one attached hydrogen (secondary N) is 1. The second-order valence-electron chi connectivity index (χ2n) is 3.32. The normalized spacial score (nSPS) is 16.1. The number of sulfonamides is 1. The Labute approximate surface area is 103 Å². The van der Waals surface area contributed by atoms with Crippen molar-refractivity contribution in [2.75, 3.05) is 7.11 Å². The summed E-state index contributed by atoms with van der Waals surface area (Å²) in [5.41, 5.74) is -0.405. The van der Waals surface area contributed by atoms with E-state index in [9.17, 15) is 18.3 Å². The zero-order valence-corrected chi connectivity index (χ0v) is 10.1. The summed E-state index contributed by atoms with van der Waals surface area (Å²) in [6.07, 6.45) is 0. The molecule has 0 aliphatic carbocycles. The minimum atomic E-state index is -3.85. The molecular formula is C10H11NO6S. The van der Waals surface area contributed by atoms with Crippen LogP contribution in [0.2, 0.25) is 0 Å². The molecule has 18 heavy (non-hydrogen) atoms. The minimum absolute atomic E-state index is 0. The molecule has 1 heterocycles. The van der Waals surface area contributed by atoms with Crippen LogP contribution in [0.5, 0.6) is 0 Å². The molecule has 1 aromatic rings. The van der Waals surface area contributed by atoms with Crippen molar-refractivity contribution in [1.82, 2.24) is 4.72 Å². The largest absolute Gasteiger partial charge is 0.505 e. The summed E-state index contributed by atoms with van der Waals surface area (Å²) in [7, 11) is -2.75. The molecule has 0 atom stereocenters. The van der Waals surface area contributed by atoms with Gasteiger partial charge in [0, 0.05) is 5.56 Å². The van der Waals surface area contributed by atoms with Gasteiger partial charge >= 0.3 is 5.97 Å². The lowest BCUT2D eigenvalue weighted by Crippen LogP contribution is -2.33. The van der Waals surface area contributed by atoms with Gasteiger partial charge in [-0.05, 0) is 12.1 Å². The van der Waals surface area contributed by atoms with Crippen LogP contribution in [-0.4, -0.2) is 32.1 Å². The third kappa shape index (κ3) is 2.03. The third-order valence-electron chi connectivity index (χ3n) is 2.29. The molecule has 0 aromatic heterocycles. The number of esters is 1. The Morgan fingerprint density at radius 1 is 1.33 bits per heavy atom. The lowest BCUT2D eigenvalue weighted by Gasteiger charge is -2.19. The maximum atomic E-state index is 11.8. The molecule has 0 saturated heterocycles. The Morgan fingerprint density at radius 3 is 2.56 bits per heavy atom. The number of benzene rings is 1. The van der Waals surface area contributed by atoms with Crippen LogP contribution in [0.15, 0.2) is 34.9 Å². The number of aliphatic hydroxyl groups is 1. The maximum Gasteiger partial charge on any atom is 0.359 e. The van der Waals surface area contributed by atoms with Crippen LogP contribution in [0.3, 0.4) is 0 Å². The van der Waals surface area contributed by atoms with Crippen molar-refractivity contribution in [3.8, 4) is 0 Å². The summed E-state index contributed by atoms with van der Waals surface area (Å²) in [6, 6.07) is 5.83. The Kier molecular flexibility index (Phi) is 3.63. The number of hydrogen-bond donors (Lipinski definition) is 2. The van der Waals surface area contributed by atoms with Gasteiger partial charge in [-0.2, -0.15) is 0 Å². The van der Waals surface area contributed by atoms with Crippen molar-refractivity contribution in [3.63, 3.8) is 0 Å². The van der Waals surface area contributed by atoms with Crippen molar-refractivity contribution in [2.45, 2.75) is 4.90 Å². The first kappa shape index (κ1) is 14.0. The standard InChI is InChI=1S/C10H9NO5S.H2O/c1-16-10(13)8-9(12)6-4-2-3-5-7(6)17(14,15)11-8;/h2-5,11-12H,1H3;1H2. The topological polar surface area (TPSA) is 124 Å². The van der Waals surface area contributed by atoms with E-state index < -0.39 is 27.4 Å². The first-order valence-corrected chi connectivity index (χ1v) is 6.09. The number of aliphatic hydroxyl groups excluding tert-OH is 1. The molecular weight excluding hydrogens is 262 g/mol. The highest BCUT2D eigenvalue weighted by Crippen LogP contribution is 2.28. The molecule has 0 amide bonds. The fraction of sp³-hybridized carbons (Fsp3) is 0.100. The average molecular weight is 273 g/mol. The van der Waals surface area contributed by atoms with E-state index in [0.29, 0.717) is 0 Å². The summed E-state index contributed by atoms with van der Waals surface area (Å²) in [5, 5.41) is 9.81. The van der Waals surface area contributed by atoms with Crippen LogP contribution in [0.4, 0.5) is 0 Å². The molecule has 1 aliphatic rings. The molecule has 0 spiro atoms. The quantitative estimate of drug-likeness (QED) is 0.671. The van der Waals surface area contributed by atoms with Crippen LogP contribution >= 0.6 is 0 Å². The Bertz CT molecular complexity index is 619. The maximum absolute atomic E-state index is 11.8. The van der Waals surface area contributed by atoms with E-state index in [0.717, 1.165) is 7.11 Å². The van der Waals surface area contributed by atoms with Gasteiger partial charge in [-0.25, -0.2) is 13.2 Å². The van der Waals surface area contributed by atoms with Crippen LogP contribution < -0.4 is 4.72 Å². The Morgan fingerprint density at radius 2 is 1.94 bits per heavy atom. The summed E-state index contributed by atoms with van der Waals surface area (Å²) in [5.74, 6) is -1.39. The first-order valence-electron chi connectivity index (χ1n) is 4.61.